The lowest BCUT2D eigenvalue weighted by Gasteiger charge is -2.20. The summed E-state index contributed by atoms with van der Waals surface area (Å²) >= 11 is 1.17. The molecule has 0 spiro atoms. The lowest BCUT2D eigenvalue weighted by Crippen LogP contribution is -2.39. The molecule has 0 saturated carbocycles. The van der Waals surface area contributed by atoms with Crippen molar-refractivity contribution in [1.29, 1.82) is 0 Å². The average Bonchev–Trinajstić information content (AvgIpc) is 2.76. The van der Waals surface area contributed by atoms with E-state index in [0.717, 1.165) is 6.42 Å². The highest BCUT2D eigenvalue weighted by Gasteiger charge is 2.35. The second-order valence-corrected chi connectivity index (χ2v) is 7.76. The summed E-state index contributed by atoms with van der Waals surface area (Å²) in [5.74, 6) is -0.451. The van der Waals surface area contributed by atoms with Crippen molar-refractivity contribution < 1.29 is 18.3 Å². The zero-order valence-electron chi connectivity index (χ0n) is 10.5. The Morgan fingerprint density at radius 1 is 1.58 bits per heavy atom. The molecule has 1 aliphatic rings. The fourth-order valence-corrected chi connectivity index (χ4v) is 4.57. The van der Waals surface area contributed by atoms with Gasteiger partial charge in [0.2, 0.25) is 5.91 Å². The number of hydrogen-bond donors (Lipinski definition) is 2. The molecule has 1 aliphatic heterocycles. The average molecular weight is 304 g/mol. The summed E-state index contributed by atoms with van der Waals surface area (Å²) in [4.78, 5) is 16.0. The lowest BCUT2D eigenvalue weighted by molar-refractivity contribution is -0.116. The van der Waals surface area contributed by atoms with Gasteiger partial charge in [0.25, 0.3) is 0 Å². The molecule has 0 aliphatic carbocycles. The Morgan fingerprint density at radius 3 is 2.89 bits per heavy atom. The fourth-order valence-electron chi connectivity index (χ4n) is 1.97. The Bertz CT molecular complexity index is 565. The first-order chi connectivity index (χ1) is 8.90. The van der Waals surface area contributed by atoms with E-state index in [9.17, 15) is 18.3 Å². The maximum absolute atomic E-state index is 12.0. The number of amides is 1. The molecule has 8 heteroatoms. The first-order valence-electron chi connectivity index (χ1n) is 6.06. The van der Waals surface area contributed by atoms with E-state index in [-0.39, 0.29) is 5.75 Å². The van der Waals surface area contributed by atoms with Gasteiger partial charge in [0.05, 0.1) is 17.6 Å². The van der Waals surface area contributed by atoms with Crippen LogP contribution < -0.4 is 5.32 Å². The minimum absolute atomic E-state index is 0.0713. The van der Waals surface area contributed by atoms with Crippen LogP contribution in [0.5, 0.6) is 0 Å². The number of aliphatic hydroxyl groups excluding tert-OH is 1. The number of hydrogen-bond acceptors (Lipinski definition) is 6. The summed E-state index contributed by atoms with van der Waals surface area (Å²) in [5.41, 5.74) is 0.465. The first-order valence-corrected chi connectivity index (χ1v) is 8.65. The van der Waals surface area contributed by atoms with Crippen molar-refractivity contribution in [3.05, 3.63) is 11.1 Å². The summed E-state index contributed by atoms with van der Waals surface area (Å²) < 4.78 is 23.6. The zero-order chi connectivity index (χ0) is 14.0. The topological polar surface area (TPSA) is 96.4 Å². The Kier molecular flexibility index (Phi) is 4.22. The molecule has 2 heterocycles. The number of thiazole rings is 1. The Balaban J connectivity index is 2.07. The van der Waals surface area contributed by atoms with Crippen molar-refractivity contribution in [2.75, 3.05) is 11.1 Å². The highest BCUT2D eigenvalue weighted by Crippen LogP contribution is 2.24. The van der Waals surface area contributed by atoms with Crippen molar-refractivity contribution in [1.82, 2.24) is 4.98 Å². The van der Waals surface area contributed by atoms with Crippen LogP contribution >= 0.6 is 11.3 Å². The van der Waals surface area contributed by atoms with E-state index in [1.54, 1.807) is 12.3 Å². The molecule has 0 radical (unpaired) electrons. The smallest absolute Gasteiger partial charge is 0.244 e. The predicted molar refractivity (Wildman–Crippen MR) is 72.8 cm³/mol. The monoisotopic (exact) mass is 304 g/mol. The molecule has 1 aromatic rings. The number of anilines is 1. The minimum Gasteiger partial charge on any atom is -0.387 e. The number of aromatic nitrogens is 1. The van der Waals surface area contributed by atoms with E-state index in [1.165, 1.54) is 11.3 Å². The van der Waals surface area contributed by atoms with Crippen molar-refractivity contribution in [3.8, 4) is 0 Å². The van der Waals surface area contributed by atoms with Gasteiger partial charge in [0.1, 0.15) is 5.25 Å². The predicted octanol–water partition coefficient (Wildman–Crippen LogP) is 1.10. The maximum Gasteiger partial charge on any atom is 0.244 e. The molecule has 1 fully saturated rings. The number of carbonyl (C=O) groups excluding carboxylic acids is 1. The van der Waals surface area contributed by atoms with Gasteiger partial charge in [-0.1, -0.05) is 6.42 Å². The third-order valence-electron chi connectivity index (χ3n) is 3.05. The SMILES string of the molecule is CC(O)c1csc(NC(=O)C2CCCCS2(=O)=O)n1. The third kappa shape index (κ3) is 3.31. The summed E-state index contributed by atoms with van der Waals surface area (Å²) in [7, 11) is -3.34. The molecule has 2 atom stereocenters. The molecule has 0 aromatic carbocycles. The summed E-state index contributed by atoms with van der Waals surface area (Å²) in [6, 6.07) is 0. The van der Waals surface area contributed by atoms with Crippen LogP contribution in [-0.4, -0.2) is 35.4 Å². The van der Waals surface area contributed by atoms with Crippen LogP contribution in [-0.2, 0) is 14.6 Å². The van der Waals surface area contributed by atoms with Gasteiger partial charge >= 0.3 is 0 Å². The van der Waals surface area contributed by atoms with Crippen molar-refractivity contribution in [2.45, 2.75) is 37.5 Å². The van der Waals surface area contributed by atoms with Gasteiger partial charge in [-0.05, 0) is 19.8 Å². The van der Waals surface area contributed by atoms with Crippen molar-refractivity contribution >= 4 is 32.2 Å². The van der Waals surface area contributed by atoms with Crippen LogP contribution in [0, 0.1) is 0 Å². The Morgan fingerprint density at radius 2 is 2.32 bits per heavy atom. The molecule has 2 rings (SSSR count). The number of sulfone groups is 1. The zero-order valence-corrected chi connectivity index (χ0v) is 12.1. The number of nitrogens with zero attached hydrogens (tertiary/aromatic N) is 1. The van der Waals surface area contributed by atoms with E-state index in [0.29, 0.717) is 23.7 Å². The summed E-state index contributed by atoms with van der Waals surface area (Å²) in [6.45, 7) is 1.58. The van der Waals surface area contributed by atoms with Crippen LogP contribution in [0.3, 0.4) is 0 Å². The fraction of sp³-hybridized carbons (Fsp3) is 0.636. The standard InChI is InChI=1S/C11H16N2O4S2/c1-7(14)8-6-18-11(12-8)13-10(15)9-4-2-3-5-19(9,16)17/h6-7,9,14H,2-5H2,1H3,(H,12,13,15). The molecule has 2 unspecified atom stereocenters. The molecule has 19 heavy (non-hydrogen) atoms. The normalized spacial score (nSPS) is 23.8. The molecular formula is C11H16N2O4S2. The van der Waals surface area contributed by atoms with Gasteiger partial charge in [0, 0.05) is 5.38 Å². The van der Waals surface area contributed by atoms with Crippen molar-refractivity contribution in [3.63, 3.8) is 0 Å². The van der Waals surface area contributed by atoms with E-state index in [2.05, 4.69) is 10.3 Å². The molecule has 0 bridgehead atoms. The molecule has 1 saturated heterocycles. The van der Waals surface area contributed by atoms with E-state index in [1.807, 2.05) is 0 Å². The summed E-state index contributed by atoms with van der Waals surface area (Å²) in [6.07, 6.45) is 1.02. The van der Waals surface area contributed by atoms with Crippen LogP contribution in [0.15, 0.2) is 5.38 Å². The van der Waals surface area contributed by atoms with Gasteiger partial charge < -0.3 is 10.4 Å². The third-order valence-corrected chi connectivity index (χ3v) is 6.00. The van der Waals surface area contributed by atoms with E-state index < -0.39 is 27.1 Å². The van der Waals surface area contributed by atoms with Gasteiger partial charge in [-0.15, -0.1) is 11.3 Å². The van der Waals surface area contributed by atoms with Gasteiger partial charge in [-0.3, -0.25) is 4.79 Å². The highest BCUT2D eigenvalue weighted by atomic mass is 32.2. The van der Waals surface area contributed by atoms with Gasteiger partial charge in [-0.2, -0.15) is 0 Å². The number of aliphatic hydroxyl groups is 1. The largest absolute Gasteiger partial charge is 0.387 e. The molecule has 2 N–H and O–H groups in total. The molecule has 6 nitrogen and oxygen atoms in total. The minimum atomic E-state index is -3.34. The molecule has 1 aromatic heterocycles. The van der Waals surface area contributed by atoms with Crippen LogP contribution in [0.1, 0.15) is 38.0 Å². The van der Waals surface area contributed by atoms with Crippen molar-refractivity contribution in [2.24, 2.45) is 0 Å². The molecule has 1 amide bonds. The first kappa shape index (κ1) is 14.4. The highest BCUT2D eigenvalue weighted by molar-refractivity contribution is 7.92. The Hall–Kier alpha value is -0.990. The van der Waals surface area contributed by atoms with Gasteiger partial charge in [0.15, 0.2) is 15.0 Å². The lowest BCUT2D eigenvalue weighted by atomic mass is 10.2. The molecular weight excluding hydrogens is 288 g/mol. The van der Waals surface area contributed by atoms with E-state index in [4.69, 9.17) is 0 Å². The second kappa shape index (κ2) is 5.56. The maximum atomic E-state index is 12.0. The van der Waals surface area contributed by atoms with Crippen LogP contribution in [0.25, 0.3) is 0 Å². The van der Waals surface area contributed by atoms with Crippen LogP contribution in [0.4, 0.5) is 5.13 Å². The second-order valence-electron chi connectivity index (χ2n) is 4.59. The number of carbonyl (C=O) groups is 1. The number of nitrogens with one attached hydrogen (secondary N) is 1. The molecule has 106 valence electrons. The van der Waals surface area contributed by atoms with Crippen LogP contribution in [0.2, 0.25) is 0 Å². The summed E-state index contributed by atoms with van der Waals surface area (Å²) in [5, 5.41) is 12.8. The quantitative estimate of drug-likeness (QED) is 0.871. The Labute approximate surface area is 115 Å². The van der Waals surface area contributed by atoms with E-state index >= 15 is 0 Å². The number of rotatable bonds is 3. The van der Waals surface area contributed by atoms with Gasteiger partial charge in [-0.25, -0.2) is 13.4 Å².